The van der Waals surface area contributed by atoms with Crippen LogP contribution in [0.15, 0.2) is 58.3 Å². The van der Waals surface area contributed by atoms with Crippen molar-refractivity contribution >= 4 is 17.9 Å². The molecule has 3 amide bonds. The molecule has 198 valence electrons. The van der Waals surface area contributed by atoms with Gasteiger partial charge < -0.3 is 24.1 Å². The second kappa shape index (κ2) is 11.5. The molecule has 10 nitrogen and oxygen atoms in total. The van der Waals surface area contributed by atoms with Gasteiger partial charge in [-0.1, -0.05) is 12.1 Å². The van der Waals surface area contributed by atoms with Crippen LogP contribution in [0, 0.1) is 0 Å². The fraction of sp³-hybridized carbons (Fsp3) is 0.444. The average Bonchev–Trinajstić information content (AvgIpc) is 3.44. The molecular weight excluding hydrogens is 476 g/mol. The third-order valence-electron chi connectivity index (χ3n) is 6.78. The second-order valence-corrected chi connectivity index (χ2v) is 9.04. The van der Waals surface area contributed by atoms with Crippen molar-refractivity contribution in [3.8, 4) is 5.75 Å². The van der Waals surface area contributed by atoms with Crippen molar-refractivity contribution in [1.82, 2.24) is 20.0 Å². The van der Waals surface area contributed by atoms with Crippen LogP contribution in [0.4, 0.5) is 4.79 Å². The molecule has 3 heterocycles. The molecule has 2 unspecified atom stereocenters. The van der Waals surface area contributed by atoms with Gasteiger partial charge in [0.05, 0.1) is 31.6 Å². The minimum Gasteiger partial charge on any atom is -0.497 e. The van der Waals surface area contributed by atoms with Gasteiger partial charge >= 0.3 is 12.0 Å². The van der Waals surface area contributed by atoms with Crippen LogP contribution in [0.3, 0.4) is 0 Å². The van der Waals surface area contributed by atoms with Crippen LogP contribution in [-0.4, -0.2) is 85.1 Å². The van der Waals surface area contributed by atoms with E-state index in [9.17, 15) is 14.4 Å². The Morgan fingerprint density at radius 1 is 1.14 bits per heavy atom. The lowest BCUT2D eigenvalue weighted by Gasteiger charge is -2.42. The molecule has 1 N–H and O–H groups in total. The quantitative estimate of drug-likeness (QED) is 0.545. The summed E-state index contributed by atoms with van der Waals surface area (Å²) >= 11 is 0. The molecule has 1 fully saturated rings. The maximum absolute atomic E-state index is 13.3. The van der Waals surface area contributed by atoms with Crippen LogP contribution in [-0.2, 0) is 9.53 Å². The van der Waals surface area contributed by atoms with E-state index in [1.165, 1.54) is 6.26 Å². The molecule has 0 radical (unpaired) electrons. The summed E-state index contributed by atoms with van der Waals surface area (Å²) in [7, 11) is 1.58. The van der Waals surface area contributed by atoms with E-state index in [1.54, 1.807) is 48.1 Å². The monoisotopic (exact) mass is 510 g/mol. The zero-order valence-corrected chi connectivity index (χ0v) is 21.7. The standard InChI is InChI=1S/C27H34N4O6/c1-5-30-21(17-29-13-14-31(18(3)16-29)25(32)22-8-7-15-37-22)23(26(33)36-6-2)24(28-27(30)34)19-9-11-20(35-4)12-10-19/h7-12,15,18,24H,5-6,13-14,16-17H2,1-4H3,(H,28,34). The highest BCUT2D eigenvalue weighted by Crippen LogP contribution is 2.33. The molecule has 2 aliphatic heterocycles. The number of methoxy groups -OCH3 is 1. The zero-order chi connectivity index (χ0) is 26.5. The van der Waals surface area contributed by atoms with Gasteiger partial charge in [-0.2, -0.15) is 0 Å². The molecule has 0 bridgehead atoms. The average molecular weight is 511 g/mol. The van der Waals surface area contributed by atoms with Gasteiger partial charge in [0.2, 0.25) is 0 Å². The summed E-state index contributed by atoms with van der Waals surface area (Å²) < 4.78 is 16.0. The number of likely N-dealkylation sites (N-methyl/N-ethyl adjacent to an activating group) is 1. The van der Waals surface area contributed by atoms with Crippen molar-refractivity contribution in [3.05, 3.63) is 65.3 Å². The predicted molar refractivity (Wildman–Crippen MR) is 136 cm³/mol. The molecule has 0 aliphatic carbocycles. The van der Waals surface area contributed by atoms with E-state index < -0.39 is 12.0 Å². The fourth-order valence-electron chi connectivity index (χ4n) is 4.94. The molecule has 1 aromatic heterocycles. The van der Waals surface area contributed by atoms with Crippen LogP contribution >= 0.6 is 0 Å². The zero-order valence-electron chi connectivity index (χ0n) is 21.7. The van der Waals surface area contributed by atoms with E-state index in [0.717, 1.165) is 5.56 Å². The van der Waals surface area contributed by atoms with Gasteiger partial charge in [-0.15, -0.1) is 0 Å². The number of piperazine rings is 1. The number of benzene rings is 1. The minimum absolute atomic E-state index is 0.0807. The lowest BCUT2D eigenvalue weighted by Crippen LogP contribution is -2.56. The summed E-state index contributed by atoms with van der Waals surface area (Å²) in [6, 6.07) is 9.62. The summed E-state index contributed by atoms with van der Waals surface area (Å²) in [5.41, 5.74) is 1.78. The van der Waals surface area contributed by atoms with Gasteiger partial charge in [-0.05, 0) is 50.6 Å². The highest BCUT2D eigenvalue weighted by atomic mass is 16.5. The Morgan fingerprint density at radius 2 is 1.89 bits per heavy atom. The minimum atomic E-state index is -0.658. The number of hydrogen-bond donors (Lipinski definition) is 1. The van der Waals surface area contributed by atoms with Crippen LogP contribution in [0.1, 0.15) is 42.9 Å². The number of furan rings is 1. The van der Waals surface area contributed by atoms with Crippen LogP contribution in [0.25, 0.3) is 0 Å². The fourth-order valence-corrected chi connectivity index (χ4v) is 4.94. The molecule has 0 saturated carbocycles. The van der Waals surface area contributed by atoms with Crippen molar-refractivity contribution in [2.75, 3.05) is 46.4 Å². The largest absolute Gasteiger partial charge is 0.497 e. The summed E-state index contributed by atoms with van der Waals surface area (Å²) in [5, 5.41) is 2.98. The van der Waals surface area contributed by atoms with Crippen molar-refractivity contribution < 1.29 is 28.3 Å². The molecule has 2 atom stereocenters. The number of amides is 3. The van der Waals surface area contributed by atoms with E-state index in [0.29, 0.717) is 55.5 Å². The highest BCUT2D eigenvalue weighted by Gasteiger charge is 2.39. The summed E-state index contributed by atoms with van der Waals surface area (Å²) in [6.07, 6.45) is 1.49. The summed E-state index contributed by atoms with van der Waals surface area (Å²) in [5.74, 6) is 0.391. The summed E-state index contributed by atoms with van der Waals surface area (Å²) in [6.45, 7) is 8.27. The van der Waals surface area contributed by atoms with Gasteiger partial charge in [-0.25, -0.2) is 9.59 Å². The number of ether oxygens (including phenoxy) is 2. The Morgan fingerprint density at radius 3 is 2.49 bits per heavy atom. The normalized spacial score (nSPS) is 20.6. The lowest BCUT2D eigenvalue weighted by molar-refractivity contribution is -0.139. The Hall–Kier alpha value is -3.79. The van der Waals surface area contributed by atoms with Crippen LogP contribution < -0.4 is 10.1 Å². The molecule has 2 aromatic rings. The van der Waals surface area contributed by atoms with Gasteiger partial charge in [-0.3, -0.25) is 14.6 Å². The van der Waals surface area contributed by atoms with E-state index in [1.807, 2.05) is 26.0 Å². The Balaban J connectivity index is 1.64. The van der Waals surface area contributed by atoms with Crippen molar-refractivity contribution in [2.24, 2.45) is 0 Å². The molecule has 10 heteroatoms. The smallest absolute Gasteiger partial charge is 0.338 e. The SMILES string of the molecule is CCOC(=O)C1=C(CN2CCN(C(=O)c3ccco3)C(C)C2)N(CC)C(=O)NC1c1ccc(OC)cc1. The van der Waals surface area contributed by atoms with Gasteiger partial charge in [0.25, 0.3) is 5.91 Å². The highest BCUT2D eigenvalue weighted by molar-refractivity contribution is 5.95. The first-order chi connectivity index (χ1) is 17.9. The molecule has 1 saturated heterocycles. The van der Waals surface area contributed by atoms with Crippen molar-refractivity contribution in [3.63, 3.8) is 0 Å². The first-order valence-corrected chi connectivity index (χ1v) is 12.6. The Labute approximate surface area is 216 Å². The molecule has 0 spiro atoms. The van der Waals surface area contributed by atoms with E-state index >= 15 is 0 Å². The van der Waals surface area contributed by atoms with E-state index in [-0.39, 0.29) is 24.6 Å². The molecule has 37 heavy (non-hydrogen) atoms. The Bertz CT molecular complexity index is 1140. The van der Waals surface area contributed by atoms with Gasteiger partial charge in [0.1, 0.15) is 5.75 Å². The Kier molecular flexibility index (Phi) is 8.17. The number of nitrogens with one attached hydrogen (secondary N) is 1. The number of carbonyl (C=O) groups is 3. The molecule has 4 rings (SSSR count). The number of nitrogens with zero attached hydrogens (tertiary/aromatic N) is 3. The third kappa shape index (κ3) is 5.48. The summed E-state index contributed by atoms with van der Waals surface area (Å²) in [4.78, 5) is 44.9. The first-order valence-electron chi connectivity index (χ1n) is 12.6. The molecule has 1 aromatic carbocycles. The van der Waals surface area contributed by atoms with Crippen LogP contribution in [0.2, 0.25) is 0 Å². The maximum Gasteiger partial charge on any atom is 0.338 e. The van der Waals surface area contributed by atoms with E-state index in [2.05, 4.69) is 10.2 Å². The number of esters is 1. The molecule has 2 aliphatic rings. The van der Waals surface area contributed by atoms with Crippen molar-refractivity contribution in [2.45, 2.75) is 32.9 Å². The van der Waals surface area contributed by atoms with Gasteiger partial charge in [0, 0.05) is 44.5 Å². The topological polar surface area (TPSA) is 105 Å². The second-order valence-electron chi connectivity index (χ2n) is 9.04. The number of hydrogen-bond acceptors (Lipinski definition) is 7. The van der Waals surface area contributed by atoms with Crippen molar-refractivity contribution in [1.29, 1.82) is 0 Å². The third-order valence-corrected chi connectivity index (χ3v) is 6.78. The maximum atomic E-state index is 13.3. The predicted octanol–water partition coefficient (Wildman–Crippen LogP) is 3.04. The number of carbonyl (C=O) groups excluding carboxylic acids is 3. The van der Waals surface area contributed by atoms with Crippen LogP contribution in [0.5, 0.6) is 5.75 Å². The van der Waals surface area contributed by atoms with E-state index in [4.69, 9.17) is 13.9 Å². The molecular formula is C27H34N4O6. The number of urea groups is 1. The van der Waals surface area contributed by atoms with Gasteiger partial charge in [0.15, 0.2) is 5.76 Å². The lowest BCUT2D eigenvalue weighted by atomic mass is 9.94. The number of rotatable bonds is 8. The first kappa shape index (κ1) is 26.3.